The molecule has 0 saturated heterocycles. The molecule has 98 valence electrons. The molecule has 0 aliphatic rings. The molecule has 0 aliphatic carbocycles. The molecular formula is C12H8F3N3O. The monoisotopic (exact) mass is 267 g/mol. The number of anilines is 1. The van der Waals surface area contributed by atoms with E-state index >= 15 is 0 Å². The first-order chi connectivity index (χ1) is 8.92. The number of hydrogen-bond acceptors (Lipinski definition) is 4. The molecule has 7 heteroatoms. The minimum absolute atomic E-state index is 0.0222. The van der Waals surface area contributed by atoms with Crippen LogP contribution in [0.3, 0.4) is 0 Å². The molecule has 0 unspecified atom stereocenters. The lowest BCUT2D eigenvalue weighted by atomic mass is 10.1. The van der Waals surface area contributed by atoms with Crippen LogP contribution in [-0.4, -0.2) is 17.8 Å². The number of nitrogens with two attached hydrogens (primary N) is 1. The van der Waals surface area contributed by atoms with Gasteiger partial charge in [-0.2, -0.15) is 18.4 Å². The van der Waals surface area contributed by atoms with Crippen LogP contribution >= 0.6 is 0 Å². The lowest BCUT2D eigenvalue weighted by Gasteiger charge is -2.11. The zero-order valence-corrected chi connectivity index (χ0v) is 9.53. The zero-order chi connectivity index (χ0) is 14.0. The van der Waals surface area contributed by atoms with Crippen molar-refractivity contribution in [3.63, 3.8) is 0 Å². The molecule has 0 saturated carbocycles. The quantitative estimate of drug-likeness (QED) is 0.907. The predicted octanol–water partition coefficient (Wildman–Crippen LogP) is 2.63. The number of benzene rings is 1. The number of nitrogens with zero attached hydrogens (tertiary/aromatic N) is 2. The number of alkyl halides is 3. The molecule has 2 aromatic rings. The van der Waals surface area contributed by atoms with Crippen molar-refractivity contribution >= 4 is 16.6 Å². The first kappa shape index (κ1) is 13.0. The molecule has 0 atom stereocenters. The molecule has 0 spiro atoms. The van der Waals surface area contributed by atoms with Gasteiger partial charge < -0.3 is 10.5 Å². The number of hydrogen-bond donors (Lipinski definition) is 1. The highest BCUT2D eigenvalue weighted by Crippen LogP contribution is 2.30. The Morgan fingerprint density at radius 2 is 2.11 bits per heavy atom. The molecule has 0 fully saturated rings. The Labute approximate surface area is 106 Å². The van der Waals surface area contributed by atoms with Gasteiger partial charge in [0.1, 0.15) is 17.3 Å². The van der Waals surface area contributed by atoms with Crippen LogP contribution in [0.2, 0.25) is 0 Å². The van der Waals surface area contributed by atoms with Crippen molar-refractivity contribution in [1.82, 2.24) is 4.98 Å². The number of fused-ring (bicyclic) bond motifs is 1. The summed E-state index contributed by atoms with van der Waals surface area (Å²) in [5.74, 6) is -0.0222. The first-order valence-electron chi connectivity index (χ1n) is 5.19. The number of aromatic nitrogens is 1. The van der Waals surface area contributed by atoms with Crippen molar-refractivity contribution < 1.29 is 17.9 Å². The van der Waals surface area contributed by atoms with Crippen molar-refractivity contribution in [3.05, 3.63) is 30.0 Å². The van der Waals surface area contributed by atoms with Crippen molar-refractivity contribution in [2.24, 2.45) is 0 Å². The molecule has 4 nitrogen and oxygen atoms in total. The molecule has 2 N–H and O–H groups in total. The molecule has 0 amide bonds. The van der Waals surface area contributed by atoms with E-state index < -0.39 is 12.8 Å². The summed E-state index contributed by atoms with van der Waals surface area (Å²) >= 11 is 0. The number of halogens is 3. The van der Waals surface area contributed by atoms with Crippen LogP contribution in [0.4, 0.5) is 18.9 Å². The Balaban J connectivity index is 2.47. The number of ether oxygens (including phenoxy) is 1. The Morgan fingerprint density at radius 1 is 1.37 bits per heavy atom. The molecule has 1 aromatic heterocycles. The largest absolute Gasteiger partial charge is 0.482 e. The van der Waals surface area contributed by atoms with Gasteiger partial charge in [-0.1, -0.05) is 12.1 Å². The number of para-hydroxylation sites is 1. The smallest absolute Gasteiger partial charge is 0.422 e. The minimum Gasteiger partial charge on any atom is -0.482 e. The predicted molar refractivity (Wildman–Crippen MR) is 62.4 cm³/mol. The highest BCUT2D eigenvalue weighted by molar-refractivity contribution is 5.95. The average molecular weight is 267 g/mol. The first-order valence-corrected chi connectivity index (χ1v) is 5.19. The third kappa shape index (κ3) is 2.68. The van der Waals surface area contributed by atoms with Gasteiger partial charge in [-0.25, -0.2) is 0 Å². The second-order valence-corrected chi connectivity index (χ2v) is 3.75. The zero-order valence-electron chi connectivity index (χ0n) is 9.53. The van der Waals surface area contributed by atoms with Crippen molar-refractivity contribution in [2.75, 3.05) is 12.3 Å². The van der Waals surface area contributed by atoms with Gasteiger partial charge >= 0.3 is 6.18 Å². The second-order valence-electron chi connectivity index (χ2n) is 3.75. The minimum atomic E-state index is -4.43. The fraction of sp³-hybridized carbons (Fsp3) is 0.167. The van der Waals surface area contributed by atoms with E-state index in [1.54, 1.807) is 6.07 Å². The number of nitriles is 1. The summed E-state index contributed by atoms with van der Waals surface area (Å²) in [6, 6.07) is 6.28. The molecule has 2 rings (SSSR count). The van der Waals surface area contributed by atoms with Crippen LogP contribution in [0.5, 0.6) is 5.75 Å². The normalized spacial score (nSPS) is 11.3. The van der Waals surface area contributed by atoms with Crippen LogP contribution < -0.4 is 10.5 Å². The van der Waals surface area contributed by atoms with Crippen LogP contribution in [0, 0.1) is 11.3 Å². The molecular weight excluding hydrogens is 259 g/mol. The van der Waals surface area contributed by atoms with E-state index in [-0.39, 0.29) is 22.5 Å². The maximum absolute atomic E-state index is 12.1. The van der Waals surface area contributed by atoms with E-state index in [1.807, 2.05) is 6.07 Å². The van der Waals surface area contributed by atoms with E-state index in [0.717, 1.165) is 0 Å². The standard InChI is InChI=1S/C12H8F3N3O/c13-12(14,15)6-19-9-3-1-2-8-10(17)7(4-16)5-18-11(8)9/h1-3,5H,6H2,(H2,17,18). The van der Waals surface area contributed by atoms with Crippen LogP contribution in [0.25, 0.3) is 10.9 Å². The third-order valence-electron chi connectivity index (χ3n) is 2.41. The molecule has 0 aliphatic heterocycles. The topological polar surface area (TPSA) is 71.9 Å². The van der Waals surface area contributed by atoms with Gasteiger partial charge in [-0.05, 0) is 6.07 Å². The molecule has 0 bridgehead atoms. The summed E-state index contributed by atoms with van der Waals surface area (Å²) in [6.07, 6.45) is -3.22. The van der Waals surface area contributed by atoms with Crippen LogP contribution in [-0.2, 0) is 0 Å². The van der Waals surface area contributed by atoms with E-state index in [9.17, 15) is 13.2 Å². The summed E-state index contributed by atoms with van der Waals surface area (Å²) in [5.41, 5.74) is 6.28. The fourth-order valence-corrected chi connectivity index (χ4v) is 1.58. The summed E-state index contributed by atoms with van der Waals surface area (Å²) in [6.45, 7) is -1.41. The van der Waals surface area contributed by atoms with Crippen LogP contribution in [0.15, 0.2) is 24.4 Å². The summed E-state index contributed by atoms with van der Waals surface area (Å²) in [5, 5.41) is 9.19. The van der Waals surface area contributed by atoms with E-state index in [1.165, 1.54) is 18.3 Å². The van der Waals surface area contributed by atoms with Crippen molar-refractivity contribution in [3.8, 4) is 11.8 Å². The second kappa shape index (κ2) is 4.65. The fourth-order valence-electron chi connectivity index (χ4n) is 1.58. The van der Waals surface area contributed by atoms with Crippen molar-refractivity contribution in [1.29, 1.82) is 5.26 Å². The summed E-state index contributed by atoms with van der Waals surface area (Å²) in [7, 11) is 0. The lowest BCUT2D eigenvalue weighted by molar-refractivity contribution is -0.153. The van der Waals surface area contributed by atoms with Gasteiger partial charge in [0.2, 0.25) is 0 Å². The van der Waals surface area contributed by atoms with Gasteiger partial charge in [0, 0.05) is 11.6 Å². The van der Waals surface area contributed by atoms with Crippen molar-refractivity contribution in [2.45, 2.75) is 6.18 Å². The lowest BCUT2D eigenvalue weighted by Crippen LogP contribution is -2.19. The number of pyridine rings is 1. The SMILES string of the molecule is N#Cc1cnc2c(OCC(F)(F)F)cccc2c1N. The number of nitrogen functional groups attached to an aromatic ring is 1. The van der Waals surface area contributed by atoms with Gasteiger partial charge in [-0.15, -0.1) is 0 Å². The number of rotatable bonds is 2. The van der Waals surface area contributed by atoms with Gasteiger partial charge in [0.15, 0.2) is 6.61 Å². The Morgan fingerprint density at radius 3 is 2.74 bits per heavy atom. The Kier molecular flexibility index (Phi) is 3.17. The van der Waals surface area contributed by atoms with Gasteiger partial charge in [0.05, 0.1) is 11.3 Å². The van der Waals surface area contributed by atoms with Crippen LogP contribution in [0.1, 0.15) is 5.56 Å². The molecule has 1 aromatic carbocycles. The molecule has 0 radical (unpaired) electrons. The highest BCUT2D eigenvalue weighted by atomic mass is 19.4. The van der Waals surface area contributed by atoms with E-state index in [2.05, 4.69) is 9.72 Å². The van der Waals surface area contributed by atoms with E-state index in [4.69, 9.17) is 11.0 Å². The molecule has 19 heavy (non-hydrogen) atoms. The average Bonchev–Trinajstić information content (AvgIpc) is 2.36. The maximum atomic E-state index is 12.1. The summed E-state index contributed by atoms with van der Waals surface area (Å²) in [4.78, 5) is 3.92. The van der Waals surface area contributed by atoms with E-state index in [0.29, 0.717) is 5.39 Å². The van der Waals surface area contributed by atoms with Gasteiger partial charge in [0.25, 0.3) is 0 Å². The highest BCUT2D eigenvalue weighted by Gasteiger charge is 2.28. The summed E-state index contributed by atoms with van der Waals surface area (Å²) < 4.78 is 41.1. The molecule has 1 heterocycles. The Bertz CT molecular complexity index is 662. The third-order valence-corrected chi connectivity index (χ3v) is 2.41. The Hall–Kier alpha value is -2.49. The maximum Gasteiger partial charge on any atom is 0.422 e. The van der Waals surface area contributed by atoms with Gasteiger partial charge in [-0.3, -0.25) is 4.98 Å².